The molecule has 0 saturated heterocycles. The van der Waals surface area contributed by atoms with E-state index in [-0.39, 0.29) is 0 Å². The van der Waals surface area contributed by atoms with Gasteiger partial charge in [0.05, 0.1) is 6.42 Å². The molecule has 1 aliphatic carbocycles. The standard InChI is InChI=1S/C10H17N3O4/c1-13(5-6-2-3-6)10(17)12-7(9(15)16)4-8(11)14/h6-7H,2-5H2,1H3,(H2,11,14)(H,12,17)(H,15,16)/t7-/m1/s1. The molecule has 0 heterocycles. The molecule has 7 nitrogen and oxygen atoms in total. The fourth-order valence-corrected chi connectivity index (χ4v) is 1.43. The number of nitrogens with two attached hydrogens (primary N) is 1. The van der Waals surface area contributed by atoms with Gasteiger partial charge in [-0.3, -0.25) is 4.79 Å². The van der Waals surface area contributed by atoms with Gasteiger partial charge in [0.15, 0.2) is 0 Å². The third kappa shape index (κ3) is 4.71. The zero-order valence-corrected chi connectivity index (χ0v) is 9.68. The minimum atomic E-state index is -1.27. The van der Waals surface area contributed by atoms with E-state index >= 15 is 0 Å². The maximum atomic E-state index is 11.6. The molecular formula is C10H17N3O4. The van der Waals surface area contributed by atoms with Gasteiger partial charge in [0, 0.05) is 13.6 Å². The van der Waals surface area contributed by atoms with Gasteiger partial charge in [0.2, 0.25) is 5.91 Å². The van der Waals surface area contributed by atoms with Crippen molar-refractivity contribution >= 4 is 17.9 Å². The predicted molar refractivity (Wildman–Crippen MR) is 59.1 cm³/mol. The predicted octanol–water partition coefficient (Wildman–Crippen LogP) is -0.634. The summed E-state index contributed by atoms with van der Waals surface area (Å²) in [5, 5.41) is 11.1. The summed E-state index contributed by atoms with van der Waals surface area (Å²) in [6.45, 7) is 0.606. The monoisotopic (exact) mass is 243 g/mol. The minimum absolute atomic E-state index is 0.404. The molecule has 3 amide bonds. The van der Waals surface area contributed by atoms with Crippen molar-refractivity contribution in [3.63, 3.8) is 0 Å². The van der Waals surface area contributed by atoms with E-state index in [0.29, 0.717) is 12.5 Å². The molecule has 7 heteroatoms. The fraction of sp³-hybridized carbons (Fsp3) is 0.700. The zero-order valence-electron chi connectivity index (χ0n) is 9.68. The highest BCUT2D eigenvalue weighted by atomic mass is 16.4. The van der Waals surface area contributed by atoms with Gasteiger partial charge in [0.25, 0.3) is 0 Å². The number of carbonyl (C=O) groups is 3. The van der Waals surface area contributed by atoms with Gasteiger partial charge in [-0.1, -0.05) is 0 Å². The second kappa shape index (κ2) is 5.51. The average molecular weight is 243 g/mol. The number of primary amides is 1. The summed E-state index contributed by atoms with van der Waals surface area (Å²) < 4.78 is 0. The van der Waals surface area contributed by atoms with Crippen LogP contribution in [-0.2, 0) is 9.59 Å². The van der Waals surface area contributed by atoms with Crippen LogP contribution in [0.3, 0.4) is 0 Å². The molecule has 0 aromatic carbocycles. The van der Waals surface area contributed by atoms with E-state index in [4.69, 9.17) is 10.8 Å². The summed E-state index contributed by atoms with van der Waals surface area (Å²) in [6.07, 6.45) is 1.79. The van der Waals surface area contributed by atoms with E-state index in [1.165, 1.54) is 4.90 Å². The van der Waals surface area contributed by atoms with Gasteiger partial charge >= 0.3 is 12.0 Å². The average Bonchev–Trinajstić information content (AvgIpc) is 2.99. The Morgan fingerprint density at radius 3 is 2.47 bits per heavy atom. The first-order valence-corrected chi connectivity index (χ1v) is 5.43. The van der Waals surface area contributed by atoms with Crippen molar-refractivity contribution in [1.82, 2.24) is 10.2 Å². The molecule has 17 heavy (non-hydrogen) atoms. The Balaban J connectivity index is 2.44. The van der Waals surface area contributed by atoms with Crippen LogP contribution >= 0.6 is 0 Å². The normalized spacial score (nSPS) is 16.1. The van der Waals surface area contributed by atoms with Crippen LogP contribution in [0.2, 0.25) is 0 Å². The highest BCUT2D eigenvalue weighted by Crippen LogP contribution is 2.29. The number of urea groups is 1. The number of aliphatic carboxylic acids is 1. The number of carboxylic acid groups (broad SMARTS) is 1. The lowest BCUT2D eigenvalue weighted by atomic mass is 10.2. The molecule has 0 aliphatic heterocycles. The number of hydrogen-bond acceptors (Lipinski definition) is 3. The van der Waals surface area contributed by atoms with Crippen molar-refractivity contribution in [3.8, 4) is 0 Å². The Labute approximate surface area is 98.9 Å². The van der Waals surface area contributed by atoms with Crippen LogP contribution < -0.4 is 11.1 Å². The minimum Gasteiger partial charge on any atom is -0.480 e. The van der Waals surface area contributed by atoms with E-state index in [9.17, 15) is 14.4 Å². The Kier molecular flexibility index (Phi) is 4.30. The summed E-state index contributed by atoms with van der Waals surface area (Å²) in [5.41, 5.74) is 4.91. The maximum absolute atomic E-state index is 11.6. The van der Waals surface area contributed by atoms with Crippen molar-refractivity contribution in [3.05, 3.63) is 0 Å². The lowest BCUT2D eigenvalue weighted by Crippen LogP contribution is -2.48. The quantitative estimate of drug-likeness (QED) is 0.576. The van der Waals surface area contributed by atoms with Crippen LogP contribution in [0.4, 0.5) is 4.79 Å². The number of amides is 3. The molecule has 96 valence electrons. The van der Waals surface area contributed by atoms with Gasteiger partial charge in [-0.25, -0.2) is 9.59 Å². The second-order valence-electron chi connectivity index (χ2n) is 4.33. The highest BCUT2D eigenvalue weighted by molar-refractivity contribution is 5.87. The summed E-state index contributed by atoms with van der Waals surface area (Å²) in [5.74, 6) is -1.51. The molecule has 0 bridgehead atoms. The van der Waals surface area contributed by atoms with Crippen molar-refractivity contribution in [2.45, 2.75) is 25.3 Å². The Bertz CT molecular complexity index is 328. The largest absolute Gasteiger partial charge is 0.480 e. The highest BCUT2D eigenvalue weighted by Gasteiger charge is 2.27. The molecule has 1 fully saturated rings. The Hall–Kier alpha value is -1.79. The number of rotatable bonds is 6. The first-order valence-electron chi connectivity index (χ1n) is 5.43. The number of hydrogen-bond donors (Lipinski definition) is 3. The number of nitrogens with zero attached hydrogens (tertiary/aromatic N) is 1. The van der Waals surface area contributed by atoms with Crippen molar-refractivity contribution in [2.75, 3.05) is 13.6 Å². The van der Waals surface area contributed by atoms with Crippen molar-refractivity contribution in [2.24, 2.45) is 11.7 Å². The number of nitrogens with one attached hydrogen (secondary N) is 1. The first kappa shape index (κ1) is 13.3. The Morgan fingerprint density at radius 1 is 1.47 bits per heavy atom. The SMILES string of the molecule is CN(CC1CC1)C(=O)N[C@H](CC(N)=O)C(=O)O. The molecule has 0 spiro atoms. The summed E-state index contributed by atoms with van der Waals surface area (Å²) in [7, 11) is 1.59. The smallest absolute Gasteiger partial charge is 0.326 e. The lowest BCUT2D eigenvalue weighted by molar-refractivity contribution is -0.140. The van der Waals surface area contributed by atoms with Gasteiger partial charge < -0.3 is 21.1 Å². The van der Waals surface area contributed by atoms with Crippen molar-refractivity contribution < 1.29 is 19.5 Å². The molecule has 0 radical (unpaired) electrons. The summed E-state index contributed by atoms with van der Waals surface area (Å²) in [6, 6.07) is -1.76. The van der Waals surface area contributed by atoms with E-state index in [0.717, 1.165) is 12.8 Å². The van der Waals surface area contributed by atoms with E-state index in [1.54, 1.807) is 7.05 Å². The molecule has 1 rings (SSSR count). The fourth-order valence-electron chi connectivity index (χ4n) is 1.43. The topological polar surface area (TPSA) is 113 Å². The van der Waals surface area contributed by atoms with Gasteiger partial charge in [-0.15, -0.1) is 0 Å². The van der Waals surface area contributed by atoms with Crippen LogP contribution in [0.5, 0.6) is 0 Å². The first-order chi connectivity index (χ1) is 7.90. The van der Waals surface area contributed by atoms with Crippen LogP contribution in [0.1, 0.15) is 19.3 Å². The van der Waals surface area contributed by atoms with E-state index in [2.05, 4.69) is 5.32 Å². The van der Waals surface area contributed by atoms with Gasteiger partial charge in [0.1, 0.15) is 6.04 Å². The van der Waals surface area contributed by atoms with Crippen LogP contribution in [0.25, 0.3) is 0 Å². The summed E-state index contributed by atoms with van der Waals surface area (Å²) >= 11 is 0. The van der Waals surface area contributed by atoms with Crippen LogP contribution in [0, 0.1) is 5.92 Å². The molecule has 0 aromatic rings. The molecule has 0 aromatic heterocycles. The van der Waals surface area contributed by atoms with Gasteiger partial charge in [-0.2, -0.15) is 0 Å². The summed E-state index contributed by atoms with van der Waals surface area (Å²) in [4.78, 5) is 34.5. The molecule has 1 atom stereocenters. The third-order valence-electron chi connectivity index (χ3n) is 2.58. The lowest BCUT2D eigenvalue weighted by Gasteiger charge is -2.20. The number of carbonyl (C=O) groups excluding carboxylic acids is 2. The van der Waals surface area contributed by atoms with Gasteiger partial charge in [-0.05, 0) is 18.8 Å². The number of carboxylic acids is 1. The maximum Gasteiger partial charge on any atom is 0.326 e. The molecule has 1 aliphatic rings. The molecule has 4 N–H and O–H groups in total. The van der Waals surface area contributed by atoms with E-state index < -0.39 is 30.4 Å². The van der Waals surface area contributed by atoms with E-state index in [1.807, 2.05) is 0 Å². The molecule has 1 saturated carbocycles. The van der Waals surface area contributed by atoms with Crippen LogP contribution in [-0.4, -0.2) is 47.5 Å². The Morgan fingerprint density at radius 2 is 2.06 bits per heavy atom. The molecule has 0 unspecified atom stereocenters. The zero-order chi connectivity index (χ0) is 13.0. The second-order valence-corrected chi connectivity index (χ2v) is 4.33. The molecular weight excluding hydrogens is 226 g/mol. The van der Waals surface area contributed by atoms with Crippen LogP contribution in [0.15, 0.2) is 0 Å². The third-order valence-corrected chi connectivity index (χ3v) is 2.58. The van der Waals surface area contributed by atoms with Crippen molar-refractivity contribution in [1.29, 1.82) is 0 Å².